The van der Waals surface area contributed by atoms with E-state index in [1.165, 1.54) is 0 Å². The number of nitrogens with two attached hydrogens (primary N) is 1. The van der Waals surface area contributed by atoms with Gasteiger partial charge < -0.3 is 10.3 Å². The predicted octanol–water partition coefficient (Wildman–Crippen LogP) is 2.08. The number of carbonyl (C=O) groups is 1. The average molecular weight is 277 g/mol. The number of aromatic nitrogens is 2. The summed E-state index contributed by atoms with van der Waals surface area (Å²) in [6.07, 6.45) is 0.207. The smallest absolute Gasteiger partial charge is 0.219 e. The molecule has 0 saturated heterocycles. The second-order valence-corrected chi connectivity index (χ2v) is 4.89. The van der Waals surface area contributed by atoms with Gasteiger partial charge in [0, 0.05) is 13.0 Å². The molecule has 0 aliphatic carbocycles. The highest BCUT2D eigenvalue weighted by Crippen LogP contribution is 2.26. The van der Waals surface area contributed by atoms with Crippen molar-refractivity contribution < 1.29 is 4.79 Å². The van der Waals surface area contributed by atoms with Crippen molar-refractivity contribution in [3.8, 4) is 6.07 Å². The van der Waals surface area contributed by atoms with E-state index in [2.05, 4.69) is 11.1 Å². The number of halogens is 1. The van der Waals surface area contributed by atoms with Crippen molar-refractivity contribution in [1.82, 2.24) is 9.55 Å². The molecule has 1 aromatic carbocycles. The van der Waals surface area contributed by atoms with Gasteiger partial charge in [-0.3, -0.25) is 4.79 Å². The third-order valence-electron chi connectivity index (χ3n) is 2.87. The second kappa shape index (κ2) is 5.29. The van der Waals surface area contributed by atoms with E-state index in [1.807, 2.05) is 10.6 Å². The summed E-state index contributed by atoms with van der Waals surface area (Å²) in [4.78, 5) is 15.4. The van der Waals surface area contributed by atoms with E-state index in [0.717, 1.165) is 5.52 Å². The maximum atomic E-state index is 10.9. The van der Waals surface area contributed by atoms with Gasteiger partial charge in [-0.05, 0) is 19.1 Å². The molecule has 1 atom stereocenters. The van der Waals surface area contributed by atoms with Gasteiger partial charge in [0.05, 0.1) is 16.5 Å². The molecule has 0 aliphatic heterocycles. The Bertz CT molecular complexity index is 669. The van der Waals surface area contributed by atoms with Gasteiger partial charge in [0.25, 0.3) is 0 Å². The zero-order chi connectivity index (χ0) is 14.0. The van der Waals surface area contributed by atoms with Gasteiger partial charge in [0.15, 0.2) is 0 Å². The Balaban J connectivity index is 2.61. The summed E-state index contributed by atoms with van der Waals surface area (Å²) in [7, 11) is 0. The zero-order valence-corrected chi connectivity index (χ0v) is 11.2. The van der Waals surface area contributed by atoms with E-state index in [4.69, 9.17) is 22.6 Å². The summed E-state index contributed by atoms with van der Waals surface area (Å²) >= 11 is 6.11. The topological polar surface area (TPSA) is 84.7 Å². The molecule has 0 saturated carbocycles. The number of fused-ring (bicyclic) bond motifs is 1. The Hall–Kier alpha value is -2.06. The molecular formula is C13H13ClN4O. The molecule has 1 unspecified atom stereocenters. The van der Waals surface area contributed by atoms with E-state index in [1.54, 1.807) is 19.1 Å². The van der Waals surface area contributed by atoms with E-state index in [-0.39, 0.29) is 17.7 Å². The van der Waals surface area contributed by atoms with Gasteiger partial charge in [-0.15, -0.1) is 11.6 Å². The first-order chi connectivity index (χ1) is 9.04. The number of carbonyl (C=O) groups excluding carboxylic acids is 1. The quantitative estimate of drug-likeness (QED) is 0.868. The number of hydrogen-bond donors (Lipinski definition) is 1. The first-order valence-corrected chi connectivity index (χ1v) is 6.30. The van der Waals surface area contributed by atoms with E-state index < -0.39 is 0 Å². The number of benzene rings is 1. The first-order valence-electron chi connectivity index (χ1n) is 5.86. The number of rotatable bonds is 4. The fraction of sp³-hybridized carbons (Fsp3) is 0.308. The molecule has 2 N–H and O–H groups in total. The standard InChI is InChI=1S/C13H13ClN4O/c1-8(14)13-17-12-9(7-15)3-2-4-10(12)18(13)6-5-11(16)19/h2-4,8H,5-6H2,1H3,(H2,16,19). The summed E-state index contributed by atoms with van der Waals surface area (Å²) in [5.74, 6) is 0.257. The fourth-order valence-electron chi connectivity index (χ4n) is 2.02. The lowest BCUT2D eigenvalue weighted by Crippen LogP contribution is -2.15. The highest BCUT2D eigenvalue weighted by atomic mass is 35.5. The minimum atomic E-state index is -0.383. The second-order valence-electron chi connectivity index (χ2n) is 4.24. The molecule has 19 heavy (non-hydrogen) atoms. The number of imidazole rings is 1. The van der Waals surface area contributed by atoms with Crippen molar-refractivity contribution in [3.63, 3.8) is 0 Å². The molecule has 2 rings (SSSR count). The van der Waals surface area contributed by atoms with Gasteiger partial charge >= 0.3 is 0 Å². The zero-order valence-electron chi connectivity index (χ0n) is 10.4. The van der Waals surface area contributed by atoms with Crippen LogP contribution >= 0.6 is 11.6 Å². The molecule has 5 nitrogen and oxygen atoms in total. The van der Waals surface area contributed by atoms with Crippen molar-refractivity contribution in [2.24, 2.45) is 5.73 Å². The maximum Gasteiger partial charge on any atom is 0.219 e. The first kappa shape index (κ1) is 13.4. The Kier molecular flexibility index (Phi) is 3.72. The van der Waals surface area contributed by atoms with Crippen LogP contribution in [0.2, 0.25) is 0 Å². The monoisotopic (exact) mass is 276 g/mol. The van der Waals surface area contributed by atoms with Crippen LogP contribution in [0.15, 0.2) is 18.2 Å². The van der Waals surface area contributed by atoms with Crippen molar-refractivity contribution in [2.75, 3.05) is 0 Å². The summed E-state index contributed by atoms with van der Waals surface area (Å²) in [5, 5.41) is 8.77. The number of amides is 1. The predicted molar refractivity (Wildman–Crippen MR) is 72.5 cm³/mol. The number of nitrogens with zero attached hydrogens (tertiary/aromatic N) is 3. The van der Waals surface area contributed by atoms with Gasteiger partial charge in [-0.25, -0.2) is 4.98 Å². The number of hydrogen-bond acceptors (Lipinski definition) is 3. The molecule has 0 aliphatic rings. The Morgan fingerprint density at radius 3 is 2.95 bits per heavy atom. The lowest BCUT2D eigenvalue weighted by Gasteiger charge is -2.09. The van der Waals surface area contributed by atoms with Crippen molar-refractivity contribution in [2.45, 2.75) is 25.3 Å². The number of aryl methyl sites for hydroxylation is 1. The van der Waals surface area contributed by atoms with Crippen molar-refractivity contribution >= 4 is 28.5 Å². The molecule has 6 heteroatoms. The van der Waals surface area contributed by atoms with Gasteiger partial charge in [0.1, 0.15) is 17.4 Å². The van der Waals surface area contributed by atoms with Crippen LogP contribution in [-0.4, -0.2) is 15.5 Å². The third-order valence-corrected chi connectivity index (χ3v) is 3.06. The van der Waals surface area contributed by atoms with Crippen LogP contribution in [0.25, 0.3) is 11.0 Å². The lowest BCUT2D eigenvalue weighted by molar-refractivity contribution is -0.118. The minimum absolute atomic E-state index is 0.207. The summed E-state index contributed by atoms with van der Waals surface area (Å²) in [6, 6.07) is 7.45. The van der Waals surface area contributed by atoms with Crippen LogP contribution in [-0.2, 0) is 11.3 Å². The Morgan fingerprint density at radius 2 is 2.37 bits per heavy atom. The number of para-hydroxylation sites is 1. The van der Waals surface area contributed by atoms with Crippen molar-refractivity contribution in [1.29, 1.82) is 5.26 Å². The van der Waals surface area contributed by atoms with Crippen LogP contribution in [0.4, 0.5) is 0 Å². The molecule has 0 radical (unpaired) electrons. The largest absolute Gasteiger partial charge is 0.370 e. The van der Waals surface area contributed by atoms with Crippen LogP contribution in [0.3, 0.4) is 0 Å². The van der Waals surface area contributed by atoms with Gasteiger partial charge in [0.2, 0.25) is 5.91 Å². The van der Waals surface area contributed by atoms with E-state index in [9.17, 15) is 4.79 Å². The van der Waals surface area contributed by atoms with Crippen LogP contribution in [0.5, 0.6) is 0 Å². The molecule has 1 amide bonds. The molecule has 0 bridgehead atoms. The normalized spacial score (nSPS) is 12.3. The molecule has 0 spiro atoms. The molecule has 0 fully saturated rings. The number of alkyl halides is 1. The molecular weight excluding hydrogens is 264 g/mol. The highest BCUT2D eigenvalue weighted by Gasteiger charge is 2.17. The maximum absolute atomic E-state index is 10.9. The molecule has 1 aromatic heterocycles. The van der Waals surface area contributed by atoms with Crippen LogP contribution in [0.1, 0.15) is 30.1 Å². The summed E-state index contributed by atoms with van der Waals surface area (Å²) < 4.78 is 1.85. The SMILES string of the molecule is CC(Cl)c1nc2c(C#N)cccc2n1CCC(N)=O. The number of nitriles is 1. The molecule has 1 heterocycles. The molecule has 98 valence electrons. The van der Waals surface area contributed by atoms with E-state index >= 15 is 0 Å². The van der Waals surface area contributed by atoms with Crippen LogP contribution < -0.4 is 5.73 Å². The Morgan fingerprint density at radius 1 is 1.63 bits per heavy atom. The van der Waals surface area contributed by atoms with Crippen LogP contribution in [0, 0.1) is 11.3 Å². The third kappa shape index (κ3) is 2.54. The average Bonchev–Trinajstić information content (AvgIpc) is 2.74. The van der Waals surface area contributed by atoms with E-state index in [0.29, 0.717) is 23.4 Å². The Labute approximate surface area is 115 Å². The van der Waals surface area contributed by atoms with Gasteiger partial charge in [-0.1, -0.05) is 6.07 Å². The summed E-state index contributed by atoms with van der Waals surface area (Å²) in [5.41, 5.74) is 7.07. The fourth-order valence-corrected chi connectivity index (χ4v) is 2.18. The number of primary amides is 1. The highest BCUT2D eigenvalue weighted by molar-refractivity contribution is 6.20. The van der Waals surface area contributed by atoms with Gasteiger partial charge in [-0.2, -0.15) is 5.26 Å². The summed E-state index contributed by atoms with van der Waals surface area (Å²) in [6.45, 7) is 2.21. The molecule has 2 aromatic rings. The van der Waals surface area contributed by atoms with Crippen molar-refractivity contribution in [3.05, 3.63) is 29.6 Å². The minimum Gasteiger partial charge on any atom is -0.370 e. The lowest BCUT2D eigenvalue weighted by atomic mass is 10.2.